The number of ether oxygens (including phenoxy) is 2. The highest BCUT2D eigenvalue weighted by molar-refractivity contribution is 5.94. The second-order valence-electron chi connectivity index (χ2n) is 9.06. The highest BCUT2D eigenvalue weighted by Gasteiger charge is 2.22. The van der Waals surface area contributed by atoms with Crippen molar-refractivity contribution in [3.63, 3.8) is 0 Å². The van der Waals surface area contributed by atoms with Crippen LogP contribution in [0.1, 0.15) is 28.8 Å². The summed E-state index contributed by atoms with van der Waals surface area (Å²) in [5, 5.41) is 6.26. The molecule has 34 heavy (non-hydrogen) atoms. The Morgan fingerprint density at radius 3 is 2.44 bits per heavy atom. The van der Waals surface area contributed by atoms with Crippen molar-refractivity contribution in [2.24, 2.45) is 0 Å². The fraction of sp³-hybridized carbons (Fsp3) is 0.393. The number of rotatable bonds is 6. The Morgan fingerprint density at radius 1 is 0.971 bits per heavy atom. The van der Waals surface area contributed by atoms with E-state index in [9.17, 15) is 4.79 Å². The first-order valence-corrected chi connectivity index (χ1v) is 12.2. The molecule has 1 N–H and O–H groups in total. The molecule has 0 spiro atoms. The Hall–Kier alpha value is -3.09. The Bertz CT molecular complexity index is 1120. The third-order valence-electron chi connectivity index (χ3n) is 7.06. The number of amides is 1. The predicted molar refractivity (Wildman–Crippen MR) is 136 cm³/mol. The minimum Gasteiger partial charge on any atom is -0.496 e. The van der Waals surface area contributed by atoms with Crippen molar-refractivity contribution in [1.29, 1.82) is 0 Å². The van der Waals surface area contributed by atoms with E-state index >= 15 is 0 Å². The molecule has 0 atom stereocenters. The highest BCUT2D eigenvalue weighted by Crippen LogP contribution is 2.28. The summed E-state index contributed by atoms with van der Waals surface area (Å²) < 4.78 is 11.0. The van der Waals surface area contributed by atoms with E-state index in [2.05, 4.69) is 58.7 Å². The zero-order valence-corrected chi connectivity index (χ0v) is 19.8. The van der Waals surface area contributed by atoms with Gasteiger partial charge in [-0.1, -0.05) is 30.3 Å². The van der Waals surface area contributed by atoms with Gasteiger partial charge in [0.1, 0.15) is 5.75 Å². The van der Waals surface area contributed by atoms with E-state index in [0.29, 0.717) is 32.3 Å². The van der Waals surface area contributed by atoms with Crippen molar-refractivity contribution in [2.45, 2.75) is 25.4 Å². The van der Waals surface area contributed by atoms with Gasteiger partial charge in [-0.3, -0.25) is 4.79 Å². The van der Waals surface area contributed by atoms with Crippen molar-refractivity contribution in [3.05, 3.63) is 71.8 Å². The lowest BCUT2D eigenvalue weighted by Gasteiger charge is -2.34. The van der Waals surface area contributed by atoms with E-state index in [0.717, 1.165) is 43.8 Å². The first-order chi connectivity index (χ1) is 16.7. The van der Waals surface area contributed by atoms with Crippen LogP contribution in [0.3, 0.4) is 0 Å². The number of carbonyl (C=O) groups excluding carboxylic acids is 1. The topological polar surface area (TPSA) is 54.0 Å². The van der Waals surface area contributed by atoms with E-state index in [1.807, 2.05) is 17.0 Å². The summed E-state index contributed by atoms with van der Waals surface area (Å²) >= 11 is 0. The largest absolute Gasteiger partial charge is 0.496 e. The summed E-state index contributed by atoms with van der Waals surface area (Å²) in [7, 11) is 1.74. The molecule has 5 rings (SSSR count). The van der Waals surface area contributed by atoms with Crippen LogP contribution in [-0.2, 0) is 11.3 Å². The van der Waals surface area contributed by atoms with Gasteiger partial charge < -0.3 is 24.6 Å². The number of hydrogen-bond donors (Lipinski definition) is 1. The van der Waals surface area contributed by atoms with Crippen LogP contribution in [0, 0.1) is 0 Å². The number of nitrogens with zero attached hydrogens (tertiary/aromatic N) is 2. The maximum Gasteiger partial charge on any atom is 0.254 e. The summed E-state index contributed by atoms with van der Waals surface area (Å²) in [5.74, 6) is 1.04. The second-order valence-corrected chi connectivity index (χ2v) is 9.06. The number of morpholine rings is 1. The van der Waals surface area contributed by atoms with Gasteiger partial charge in [0.15, 0.2) is 0 Å². The quantitative estimate of drug-likeness (QED) is 0.602. The normalized spacial score (nSPS) is 17.2. The molecule has 0 radical (unpaired) electrons. The number of piperidine rings is 1. The third-order valence-corrected chi connectivity index (χ3v) is 7.06. The average molecular weight is 460 g/mol. The SMILES string of the molecule is COc1ccc2ccccc2c1CNC1CCN(c2ccc(C(=O)N3CCOCC3)cc2)CC1. The number of benzene rings is 3. The Kier molecular flexibility index (Phi) is 6.97. The minimum absolute atomic E-state index is 0.0987. The molecule has 0 saturated carbocycles. The van der Waals surface area contributed by atoms with Crippen LogP contribution in [0.25, 0.3) is 10.8 Å². The minimum atomic E-state index is 0.0987. The van der Waals surface area contributed by atoms with Gasteiger partial charge in [0.05, 0.1) is 20.3 Å². The van der Waals surface area contributed by atoms with Crippen LogP contribution in [0.15, 0.2) is 60.7 Å². The zero-order chi connectivity index (χ0) is 23.3. The van der Waals surface area contributed by atoms with Crippen molar-refractivity contribution in [2.75, 3.05) is 51.4 Å². The number of methoxy groups -OCH3 is 1. The standard InChI is InChI=1S/C28H33N3O3/c1-33-27-11-8-21-4-2-3-5-25(21)26(27)20-29-23-12-14-30(15-13-23)24-9-6-22(7-10-24)28(32)31-16-18-34-19-17-31/h2-11,23,29H,12-20H2,1H3. The molecule has 3 aromatic carbocycles. The van der Waals surface area contributed by atoms with E-state index < -0.39 is 0 Å². The van der Waals surface area contributed by atoms with Gasteiger partial charge in [-0.25, -0.2) is 0 Å². The maximum atomic E-state index is 12.7. The van der Waals surface area contributed by atoms with Gasteiger partial charge in [-0.2, -0.15) is 0 Å². The Morgan fingerprint density at radius 2 is 1.71 bits per heavy atom. The molecule has 1 amide bonds. The first kappa shape index (κ1) is 22.7. The van der Waals surface area contributed by atoms with E-state index in [1.165, 1.54) is 22.0 Å². The second kappa shape index (κ2) is 10.5. The van der Waals surface area contributed by atoms with Crippen molar-refractivity contribution >= 4 is 22.4 Å². The number of carbonyl (C=O) groups is 1. The van der Waals surface area contributed by atoms with E-state index in [-0.39, 0.29) is 5.91 Å². The molecule has 0 aromatic heterocycles. The lowest BCUT2D eigenvalue weighted by atomic mass is 10.0. The summed E-state index contributed by atoms with van der Waals surface area (Å²) in [5.41, 5.74) is 3.17. The maximum absolute atomic E-state index is 12.7. The fourth-order valence-electron chi connectivity index (χ4n) is 5.04. The summed E-state index contributed by atoms with van der Waals surface area (Å²) in [6.45, 7) is 5.40. The molecular weight excluding hydrogens is 426 g/mol. The van der Waals surface area contributed by atoms with Crippen molar-refractivity contribution in [1.82, 2.24) is 10.2 Å². The molecule has 6 heteroatoms. The molecule has 0 aliphatic carbocycles. The van der Waals surface area contributed by atoms with Gasteiger partial charge >= 0.3 is 0 Å². The molecule has 2 saturated heterocycles. The molecule has 2 heterocycles. The smallest absolute Gasteiger partial charge is 0.254 e. The molecule has 2 fully saturated rings. The lowest BCUT2D eigenvalue weighted by molar-refractivity contribution is 0.0303. The fourth-order valence-corrected chi connectivity index (χ4v) is 5.04. The van der Waals surface area contributed by atoms with Crippen LogP contribution >= 0.6 is 0 Å². The van der Waals surface area contributed by atoms with Crippen LogP contribution in [-0.4, -0.2) is 63.4 Å². The van der Waals surface area contributed by atoms with Crippen LogP contribution in [0.2, 0.25) is 0 Å². The lowest BCUT2D eigenvalue weighted by Crippen LogP contribution is -2.42. The highest BCUT2D eigenvalue weighted by atomic mass is 16.5. The van der Waals surface area contributed by atoms with Gasteiger partial charge in [0, 0.05) is 55.6 Å². The van der Waals surface area contributed by atoms with Gasteiger partial charge in [-0.15, -0.1) is 0 Å². The predicted octanol–water partition coefficient (Wildman–Crippen LogP) is 4.08. The molecule has 2 aliphatic rings. The summed E-state index contributed by atoms with van der Waals surface area (Å²) in [4.78, 5) is 17.0. The van der Waals surface area contributed by atoms with Gasteiger partial charge in [0.25, 0.3) is 5.91 Å². The molecule has 178 valence electrons. The molecule has 2 aliphatic heterocycles. The zero-order valence-electron chi connectivity index (χ0n) is 19.8. The van der Waals surface area contributed by atoms with Crippen LogP contribution in [0.5, 0.6) is 5.75 Å². The van der Waals surface area contributed by atoms with Gasteiger partial charge in [0.2, 0.25) is 0 Å². The van der Waals surface area contributed by atoms with Crippen molar-refractivity contribution in [3.8, 4) is 5.75 Å². The Labute approximate surface area is 201 Å². The molecule has 3 aromatic rings. The Balaban J connectivity index is 1.17. The molecule has 0 unspecified atom stereocenters. The molecule has 6 nitrogen and oxygen atoms in total. The number of nitrogens with one attached hydrogen (secondary N) is 1. The van der Waals surface area contributed by atoms with Crippen LogP contribution in [0.4, 0.5) is 5.69 Å². The van der Waals surface area contributed by atoms with Crippen LogP contribution < -0.4 is 15.0 Å². The third kappa shape index (κ3) is 4.88. The number of fused-ring (bicyclic) bond motifs is 1. The summed E-state index contributed by atoms with van der Waals surface area (Å²) in [6.07, 6.45) is 2.17. The van der Waals surface area contributed by atoms with E-state index in [4.69, 9.17) is 9.47 Å². The monoisotopic (exact) mass is 459 g/mol. The first-order valence-electron chi connectivity index (χ1n) is 12.2. The average Bonchev–Trinajstić information content (AvgIpc) is 2.92. The molecular formula is C28H33N3O3. The van der Waals surface area contributed by atoms with E-state index in [1.54, 1.807) is 7.11 Å². The summed E-state index contributed by atoms with van der Waals surface area (Å²) in [6, 6.07) is 21.2. The number of hydrogen-bond acceptors (Lipinski definition) is 5. The number of anilines is 1. The van der Waals surface area contributed by atoms with Gasteiger partial charge in [-0.05, 0) is 53.9 Å². The molecule has 0 bridgehead atoms. The van der Waals surface area contributed by atoms with Crippen molar-refractivity contribution < 1.29 is 14.3 Å².